The first-order chi connectivity index (χ1) is 12.8. The number of nitrogens with zero attached hydrogens (tertiary/aromatic N) is 1. The van der Waals surface area contributed by atoms with Crippen LogP contribution in [0.3, 0.4) is 0 Å². The minimum Gasteiger partial charge on any atom is -0.348 e. The quantitative estimate of drug-likeness (QED) is 0.709. The molecule has 1 aromatic carbocycles. The van der Waals surface area contributed by atoms with Crippen molar-refractivity contribution < 1.29 is 13.6 Å². The highest BCUT2D eigenvalue weighted by Gasteiger charge is 2.20. The van der Waals surface area contributed by atoms with Gasteiger partial charge in [0.1, 0.15) is 11.6 Å². The Balaban J connectivity index is 1.94. The minimum absolute atomic E-state index is 0.0304. The van der Waals surface area contributed by atoms with Crippen LogP contribution in [0.5, 0.6) is 0 Å². The monoisotopic (exact) mass is 390 g/mol. The highest BCUT2D eigenvalue weighted by Crippen LogP contribution is 2.28. The summed E-state index contributed by atoms with van der Waals surface area (Å²) >= 11 is 1.38. The van der Waals surface area contributed by atoms with Crippen LogP contribution in [0.1, 0.15) is 34.6 Å². The van der Waals surface area contributed by atoms with E-state index in [0.29, 0.717) is 29.0 Å². The van der Waals surface area contributed by atoms with Gasteiger partial charge in [0.05, 0.1) is 10.9 Å². The summed E-state index contributed by atoms with van der Waals surface area (Å²) in [6.45, 7) is 6.35. The summed E-state index contributed by atoms with van der Waals surface area (Å²) in [5.74, 6) is -1.54. The molecule has 27 heavy (non-hydrogen) atoms. The van der Waals surface area contributed by atoms with E-state index in [2.05, 4.69) is 5.32 Å². The summed E-state index contributed by atoms with van der Waals surface area (Å²) in [6, 6.07) is 4.95. The largest absolute Gasteiger partial charge is 0.348 e. The number of nitrogens with one attached hydrogen (secondary N) is 1. The van der Waals surface area contributed by atoms with Crippen molar-refractivity contribution in [2.75, 3.05) is 0 Å². The van der Waals surface area contributed by atoms with Crippen LogP contribution in [0.15, 0.2) is 35.3 Å². The average molecular weight is 390 g/mol. The molecule has 0 aliphatic heterocycles. The predicted molar refractivity (Wildman–Crippen MR) is 103 cm³/mol. The summed E-state index contributed by atoms with van der Waals surface area (Å²) in [7, 11) is 0. The Bertz CT molecular complexity index is 1050. The second-order valence-corrected chi connectivity index (χ2v) is 8.16. The number of fused-ring (bicyclic) bond motifs is 1. The van der Waals surface area contributed by atoms with Gasteiger partial charge in [0.2, 0.25) is 0 Å². The van der Waals surface area contributed by atoms with Gasteiger partial charge in [-0.3, -0.25) is 9.59 Å². The molecule has 0 spiro atoms. The van der Waals surface area contributed by atoms with Gasteiger partial charge in [0.25, 0.3) is 11.5 Å². The molecule has 0 unspecified atom stereocenters. The number of halogens is 2. The minimum atomic E-state index is -0.701. The molecule has 0 saturated carbocycles. The van der Waals surface area contributed by atoms with E-state index in [1.165, 1.54) is 11.3 Å². The van der Waals surface area contributed by atoms with Crippen LogP contribution in [0.2, 0.25) is 0 Å². The summed E-state index contributed by atoms with van der Waals surface area (Å²) in [5, 5.41) is 3.05. The van der Waals surface area contributed by atoms with Crippen molar-refractivity contribution in [2.24, 2.45) is 5.92 Å². The second-order valence-electron chi connectivity index (χ2n) is 6.90. The molecule has 2 aromatic heterocycles. The van der Waals surface area contributed by atoms with E-state index in [1.54, 1.807) is 17.7 Å². The van der Waals surface area contributed by atoms with Crippen LogP contribution < -0.4 is 10.9 Å². The van der Waals surface area contributed by atoms with Gasteiger partial charge in [-0.1, -0.05) is 13.8 Å². The van der Waals surface area contributed by atoms with Gasteiger partial charge < -0.3 is 9.88 Å². The molecule has 0 aliphatic carbocycles. The fourth-order valence-electron chi connectivity index (χ4n) is 3.06. The normalized spacial score (nSPS) is 11.3. The van der Waals surface area contributed by atoms with Crippen LogP contribution >= 0.6 is 11.3 Å². The van der Waals surface area contributed by atoms with Gasteiger partial charge in [-0.15, -0.1) is 11.3 Å². The molecule has 0 fully saturated rings. The number of hydrogen-bond donors (Lipinski definition) is 1. The lowest BCUT2D eigenvalue weighted by Crippen LogP contribution is -2.27. The topological polar surface area (TPSA) is 51.1 Å². The maximum Gasteiger partial charge on any atom is 0.260 e. The number of pyridine rings is 1. The molecule has 7 heteroatoms. The molecule has 0 bridgehead atoms. The van der Waals surface area contributed by atoms with Crippen molar-refractivity contribution in [1.29, 1.82) is 0 Å². The molecule has 0 atom stereocenters. The van der Waals surface area contributed by atoms with Crippen molar-refractivity contribution in [2.45, 2.75) is 33.9 Å². The van der Waals surface area contributed by atoms with Gasteiger partial charge in [0, 0.05) is 34.9 Å². The summed E-state index contributed by atoms with van der Waals surface area (Å²) < 4.78 is 29.0. The van der Waals surface area contributed by atoms with Crippen LogP contribution in [0.4, 0.5) is 8.78 Å². The Labute approximate surface area is 159 Å². The number of amides is 1. The van der Waals surface area contributed by atoms with Gasteiger partial charge in [-0.2, -0.15) is 0 Å². The number of carbonyl (C=O) groups excluding carboxylic acids is 1. The highest BCUT2D eigenvalue weighted by atomic mass is 32.1. The number of benzene rings is 1. The highest BCUT2D eigenvalue weighted by molar-refractivity contribution is 7.19. The van der Waals surface area contributed by atoms with Gasteiger partial charge in [-0.05, 0) is 36.6 Å². The number of aryl methyl sites for hydroxylation is 1. The second kappa shape index (κ2) is 7.60. The van der Waals surface area contributed by atoms with E-state index in [0.717, 1.165) is 27.8 Å². The first-order valence-electron chi connectivity index (χ1n) is 8.62. The molecular formula is C20H20F2N2O2S. The van der Waals surface area contributed by atoms with Crippen molar-refractivity contribution >= 4 is 27.3 Å². The number of rotatable bonds is 5. The van der Waals surface area contributed by atoms with E-state index in [4.69, 9.17) is 0 Å². The van der Waals surface area contributed by atoms with Crippen LogP contribution in [0.25, 0.3) is 10.1 Å². The van der Waals surface area contributed by atoms with Crippen molar-refractivity contribution in [3.05, 3.63) is 68.5 Å². The lowest BCUT2D eigenvalue weighted by molar-refractivity contribution is 0.0952. The van der Waals surface area contributed by atoms with E-state index in [1.807, 2.05) is 19.9 Å². The zero-order valence-electron chi connectivity index (χ0n) is 15.3. The Hall–Kier alpha value is -2.54. The molecular weight excluding hydrogens is 370 g/mol. The molecule has 0 radical (unpaired) electrons. The Morgan fingerprint density at radius 3 is 2.52 bits per heavy atom. The first kappa shape index (κ1) is 19.2. The maximum atomic E-state index is 13.3. The Kier molecular flexibility index (Phi) is 5.41. The lowest BCUT2D eigenvalue weighted by atomic mass is 10.1. The van der Waals surface area contributed by atoms with E-state index in [9.17, 15) is 18.4 Å². The van der Waals surface area contributed by atoms with Crippen molar-refractivity contribution in [3.8, 4) is 0 Å². The fraction of sp³-hybridized carbons (Fsp3) is 0.300. The third-order valence-electron chi connectivity index (χ3n) is 4.16. The zero-order valence-corrected chi connectivity index (χ0v) is 16.1. The smallest absolute Gasteiger partial charge is 0.260 e. The van der Waals surface area contributed by atoms with Crippen molar-refractivity contribution in [3.63, 3.8) is 0 Å². The standard InChI is InChI=1S/C20H20F2N2O2S/c1-11(2)10-24-5-4-16-18(20(24)26)17(12(3)27-16)19(25)23-9-13-6-14(21)8-15(22)7-13/h4-8,11H,9-10H2,1-3H3,(H,23,25). The van der Waals surface area contributed by atoms with Crippen LogP contribution in [-0.4, -0.2) is 10.5 Å². The molecule has 1 N–H and O–H groups in total. The zero-order chi connectivity index (χ0) is 19.7. The van der Waals surface area contributed by atoms with Gasteiger partial charge >= 0.3 is 0 Å². The third kappa shape index (κ3) is 4.08. The Morgan fingerprint density at radius 1 is 1.22 bits per heavy atom. The fourth-order valence-corrected chi connectivity index (χ4v) is 4.11. The maximum absolute atomic E-state index is 13.3. The van der Waals surface area contributed by atoms with Gasteiger partial charge in [-0.25, -0.2) is 8.78 Å². The SMILES string of the molecule is Cc1sc2ccn(CC(C)C)c(=O)c2c1C(=O)NCc1cc(F)cc(F)c1. The molecule has 3 aromatic rings. The van der Waals surface area contributed by atoms with E-state index >= 15 is 0 Å². The third-order valence-corrected chi connectivity index (χ3v) is 5.23. The molecule has 142 valence electrons. The van der Waals surface area contributed by atoms with E-state index in [-0.39, 0.29) is 12.1 Å². The number of thiophene rings is 1. The summed E-state index contributed by atoms with van der Waals surface area (Å²) in [4.78, 5) is 26.3. The molecule has 2 heterocycles. The average Bonchev–Trinajstić information content (AvgIpc) is 2.91. The van der Waals surface area contributed by atoms with Crippen LogP contribution in [0, 0.1) is 24.5 Å². The number of hydrogen-bond acceptors (Lipinski definition) is 3. The van der Waals surface area contributed by atoms with Gasteiger partial charge in [0.15, 0.2) is 0 Å². The summed E-state index contributed by atoms with van der Waals surface area (Å²) in [5.41, 5.74) is 0.442. The molecule has 1 amide bonds. The molecule has 3 rings (SSSR count). The number of aromatic nitrogens is 1. The Morgan fingerprint density at radius 2 is 1.89 bits per heavy atom. The van der Waals surface area contributed by atoms with E-state index < -0.39 is 17.5 Å². The summed E-state index contributed by atoms with van der Waals surface area (Å²) in [6.07, 6.45) is 1.75. The molecule has 4 nitrogen and oxygen atoms in total. The van der Waals surface area contributed by atoms with Crippen LogP contribution in [-0.2, 0) is 13.1 Å². The predicted octanol–water partition coefficient (Wildman–Crippen LogP) is 4.24. The number of carbonyl (C=O) groups is 1. The van der Waals surface area contributed by atoms with Crippen molar-refractivity contribution in [1.82, 2.24) is 9.88 Å². The molecule has 0 aliphatic rings. The molecule has 0 saturated heterocycles. The lowest BCUT2D eigenvalue weighted by Gasteiger charge is -2.10. The first-order valence-corrected chi connectivity index (χ1v) is 9.43.